The third-order valence-corrected chi connectivity index (χ3v) is 3.50. The Morgan fingerprint density at radius 2 is 2.20 bits per heavy atom. The minimum Gasteiger partial charge on any atom is -0.396 e. The van der Waals surface area contributed by atoms with Crippen LogP contribution in [0.25, 0.3) is 0 Å². The summed E-state index contributed by atoms with van der Waals surface area (Å²) in [5, 5.41) is 0. The highest BCUT2D eigenvalue weighted by atomic mass is 15.1. The second-order valence-corrected chi connectivity index (χ2v) is 4.62. The Kier molecular flexibility index (Phi) is 2.80. The lowest BCUT2D eigenvalue weighted by Crippen LogP contribution is -2.38. The number of anilines is 2. The van der Waals surface area contributed by atoms with E-state index in [0.29, 0.717) is 0 Å². The number of piperidine rings is 1. The average molecular weight is 205 g/mol. The molecule has 1 aromatic heterocycles. The number of hydrogen-bond acceptors (Lipinski definition) is 3. The molecule has 2 rings (SSSR count). The second-order valence-electron chi connectivity index (χ2n) is 4.62. The zero-order valence-electron chi connectivity index (χ0n) is 9.48. The molecule has 0 radical (unpaired) electrons. The van der Waals surface area contributed by atoms with E-state index in [9.17, 15) is 0 Å². The zero-order chi connectivity index (χ0) is 10.8. The fourth-order valence-corrected chi connectivity index (χ4v) is 2.17. The molecule has 0 bridgehead atoms. The van der Waals surface area contributed by atoms with E-state index >= 15 is 0 Å². The molecule has 3 nitrogen and oxygen atoms in total. The highest BCUT2D eigenvalue weighted by molar-refractivity contribution is 5.66. The predicted molar refractivity (Wildman–Crippen MR) is 63.8 cm³/mol. The van der Waals surface area contributed by atoms with Gasteiger partial charge in [-0.2, -0.15) is 0 Å². The third kappa shape index (κ3) is 2.06. The lowest BCUT2D eigenvalue weighted by atomic mass is 9.88. The Bertz CT molecular complexity index is 337. The summed E-state index contributed by atoms with van der Waals surface area (Å²) in [5.41, 5.74) is 7.86. The fourth-order valence-electron chi connectivity index (χ4n) is 2.17. The first kappa shape index (κ1) is 10.3. The van der Waals surface area contributed by atoms with Crippen molar-refractivity contribution in [1.82, 2.24) is 4.98 Å². The molecule has 1 fully saturated rings. The first-order valence-corrected chi connectivity index (χ1v) is 5.63. The molecule has 2 unspecified atom stereocenters. The van der Waals surface area contributed by atoms with E-state index < -0.39 is 0 Å². The molecule has 0 saturated carbocycles. The lowest BCUT2D eigenvalue weighted by molar-refractivity contribution is 0.324. The summed E-state index contributed by atoms with van der Waals surface area (Å²) in [7, 11) is 0. The van der Waals surface area contributed by atoms with E-state index in [0.717, 1.165) is 36.3 Å². The van der Waals surface area contributed by atoms with E-state index in [1.165, 1.54) is 6.42 Å². The molecule has 2 N–H and O–H groups in total. The van der Waals surface area contributed by atoms with E-state index in [4.69, 9.17) is 5.73 Å². The summed E-state index contributed by atoms with van der Waals surface area (Å²) in [6, 6.07) is 2.01. The van der Waals surface area contributed by atoms with Gasteiger partial charge in [0.15, 0.2) is 0 Å². The standard InChI is InChI=1S/C12H19N3/c1-9-4-6-15(8-10(9)2)12-3-5-14-7-11(12)13/h3,5,7,9-10H,4,6,8,13H2,1-2H3. The summed E-state index contributed by atoms with van der Waals surface area (Å²) in [4.78, 5) is 6.40. The van der Waals surface area contributed by atoms with Crippen molar-refractivity contribution in [2.24, 2.45) is 11.8 Å². The fraction of sp³-hybridized carbons (Fsp3) is 0.583. The number of rotatable bonds is 1. The highest BCUT2D eigenvalue weighted by Crippen LogP contribution is 2.29. The summed E-state index contributed by atoms with van der Waals surface area (Å²) in [5.74, 6) is 1.57. The Morgan fingerprint density at radius 1 is 1.40 bits per heavy atom. The minimum absolute atomic E-state index is 0.742. The summed E-state index contributed by atoms with van der Waals surface area (Å²) in [6.45, 7) is 6.86. The van der Waals surface area contributed by atoms with Gasteiger partial charge in [-0.3, -0.25) is 4.98 Å². The lowest BCUT2D eigenvalue weighted by Gasteiger charge is -2.37. The van der Waals surface area contributed by atoms with Crippen LogP contribution in [0.5, 0.6) is 0 Å². The number of nitrogens with zero attached hydrogens (tertiary/aromatic N) is 2. The van der Waals surface area contributed by atoms with Gasteiger partial charge in [0.1, 0.15) is 0 Å². The topological polar surface area (TPSA) is 42.2 Å². The maximum atomic E-state index is 5.93. The van der Waals surface area contributed by atoms with Crippen LogP contribution >= 0.6 is 0 Å². The largest absolute Gasteiger partial charge is 0.396 e. The number of pyridine rings is 1. The van der Waals surface area contributed by atoms with Gasteiger partial charge in [0.05, 0.1) is 17.6 Å². The molecule has 0 spiro atoms. The van der Waals surface area contributed by atoms with Crippen molar-refractivity contribution in [3.05, 3.63) is 18.5 Å². The maximum absolute atomic E-state index is 5.93. The first-order valence-electron chi connectivity index (χ1n) is 5.63. The third-order valence-electron chi connectivity index (χ3n) is 3.50. The van der Waals surface area contributed by atoms with Gasteiger partial charge in [-0.25, -0.2) is 0 Å². The molecular weight excluding hydrogens is 186 g/mol. The van der Waals surface area contributed by atoms with Crippen LogP contribution < -0.4 is 10.6 Å². The van der Waals surface area contributed by atoms with E-state index in [1.807, 2.05) is 12.3 Å². The molecule has 82 valence electrons. The van der Waals surface area contributed by atoms with Crippen molar-refractivity contribution in [2.45, 2.75) is 20.3 Å². The van der Waals surface area contributed by atoms with Crippen LogP contribution in [-0.2, 0) is 0 Å². The normalized spacial score (nSPS) is 26.7. The van der Waals surface area contributed by atoms with Crippen molar-refractivity contribution in [3.63, 3.8) is 0 Å². The molecule has 1 aromatic rings. The van der Waals surface area contributed by atoms with Gasteiger partial charge < -0.3 is 10.6 Å². The quantitative estimate of drug-likeness (QED) is 0.763. The second kappa shape index (κ2) is 4.09. The van der Waals surface area contributed by atoms with Crippen molar-refractivity contribution < 1.29 is 0 Å². The molecule has 1 aliphatic heterocycles. The minimum atomic E-state index is 0.742. The van der Waals surface area contributed by atoms with Gasteiger partial charge in [-0.05, 0) is 24.3 Å². The SMILES string of the molecule is CC1CCN(c2ccncc2N)CC1C. The van der Waals surface area contributed by atoms with Gasteiger partial charge in [0, 0.05) is 19.3 Å². The van der Waals surface area contributed by atoms with Crippen LogP contribution in [0, 0.1) is 11.8 Å². The number of aromatic nitrogens is 1. The molecule has 0 amide bonds. The molecule has 0 aromatic carbocycles. The molecule has 2 atom stereocenters. The van der Waals surface area contributed by atoms with Crippen LogP contribution in [0.2, 0.25) is 0 Å². The maximum Gasteiger partial charge on any atom is 0.0738 e. The van der Waals surface area contributed by atoms with Crippen molar-refractivity contribution in [2.75, 3.05) is 23.7 Å². The van der Waals surface area contributed by atoms with Crippen LogP contribution in [-0.4, -0.2) is 18.1 Å². The van der Waals surface area contributed by atoms with Gasteiger partial charge in [0.25, 0.3) is 0 Å². The van der Waals surface area contributed by atoms with Crippen LogP contribution in [0.15, 0.2) is 18.5 Å². The molecule has 1 saturated heterocycles. The van der Waals surface area contributed by atoms with Crippen LogP contribution in [0.1, 0.15) is 20.3 Å². The van der Waals surface area contributed by atoms with Gasteiger partial charge >= 0.3 is 0 Å². The van der Waals surface area contributed by atoms with Crippen molar-refractivity contribution in [1.29, 1.82) is 0 Å². The molecule has 3 heteroatoms. The van der Waals surface area contributed by atoms with E-state index in [1.54, 1.807) is 6.20 Å². The first-order chi connectivity index (χ1) is 7.18. The highest BCUT2D eigenvalue weighted by Gasteiger charge is 2.23. The molecular formula is C12H19N3. The summed E-state index contributed by atoms with van der Waals surface area (Å²) in [6.07, 6.45) is 4.80. The van der Waals surface area contributed by atoms with Gasteiger partial charge in [-0.1, -0.05) is 13.8 Å². The molecule has 15 heavy (non-hydrogen) atoms. The Hall–Kier alpha value is -1.25. The van der Waals surface area contributed by atoms with E-state index in [2.05, 4.69) is 23.7 Å². The smallest absolute Gasteiger partial charge is 0.0738 e. The Balaban J connectivity index is 2.15. The Labute approximate surface area is 91.3 Å². The average Bonchev–Trinajstić information content (AvgIpc) is 2.23. The number of hydrogen-bond donors (Lipinski definition) is 1. The summed E-state index contributed by atoms with van der Waals surface area (Å²) >= 11 is 0. The van der Waals surface area contributed by atoms with Crippen molar-refractivity contribution >= 4 is 11.4 Å². The monoisotopic (exact) mass is 205 g/mol. The molecule has 1 aliphatic rings. The Morgan fingerprint density at radius 3 is 2.87 bits per heavy atom. The predicted octanol–water partition coefficient (Wildman–Crippen LogP) is 2.15. The van der Waals surface area contributed by atoms with Gasteiger partial charge in [-0.15, -0.1) is 0 Å². The van der Waals surface area contributed by atoms with Crippen molar-refractivity contribution in [3.8, 4) is 0 Å². The number of nitrogens with two attached hydrogens (primary N) is 1. The number of nitrogen functional groups attached to an aromatic ring is 1. The zero-order valence-corrected chi connectivity index (χ0v) is 9.48. The molecule has 0 aliphatic carbocycles. The van der Waals surface area contributed by atoms with Crippen LogP contribution in [0.3, 0.4) is 0 Å². The molecule has 2 heterocycles. The summed E-state index contributed by atoms with van der Waals surface area (Å²) < 4.78 is 0. The van der Waals surface area contributed by atoms with E-state index in [-0.39, 0.29) is 0 Å². The van der Waals surface area contributed by atoms with Crippen LogP contribution in [0.4, 0.5) is 11.4 Å². The van der Waals surface area contributed by atoms with Gasteiger partial charge in [0.2, 0.25) is 0 Å².